The van der Waals surface area contributed by atoms with Gasteiger partial charge in [0.1, 0.15) is 4.90 Å². The molecule has 102 valence electrons. The fraction of sp³-hybridized carbons (Fsp3) is 0.455. The van der Waals surface area contributed by atoms with Gasteiger partial charge in [0.2, 0.25) is 10.0 Å². The Balaban J connectivity index is 3.11. The molecule has 0 saturated carbocycles. The predicted octanol–water partition coefficient (Wildman–Crippen LogP) is 1.92. The van der Waals surface area contributed by atoms with Crippen molar-refractivity contribution in [2.75, 3.05) is 6.61 Å². The van der Waals surface area contributed by atoms with Crippen LogP contribution in [0.5, 0.6) is 0 Å². The van der Waals surface area contributed by atoms with Crippen molar-refractivity contribution in [3.63, 3.8) is 0 Å². The van der Waals surface area contributed by atoms with Crippen molar-refractivity contribution < 1.29 is 17.9 Å². The molecule has 0 spiro atoms. The van der Waals surface area contributed by atoms with Gasteiger partial charge in [0.15, 0.2) is 5.82 Å². The second-order valence-corrected chi connectivity index (χ2v) is 6.57. The number of nitrogens with one attached hydrogen (secondary N) is 1. The summed E-state index contributed by atoms with van der Waals surface area (Å²) in [4.78, 5) is -0.499. The molecule has 1 aromatic carbocycles. The molecular formula is C11H15ClFNO3S. The summed E-state index contributed by atoms with van der Waals surface area (Å²) < 4.78 is 40.0. The van der Waals surface area contributed by atoms with Crippen LogP contribution in [0.4, 0.5) is 4.39 Å². The molecule has 0 heterocycles. The van der Waals surface area contributed by atoms with E-state index in [2.05, 4.69) is 4.72 Å². The fourth-order valence-corrected chi connectivity index (χ4v) is 3.21. The molecule has 1 rings (SSSR count). The van der Waals surface area contributed by atoms with Gasteiger partial charge < -0.3 is 5.11 Å². The maximum atomic E-state index is 13.7. The summed E-state index contributed by atoms with van der Waals surface area (Å²) >= 11 is 5.55. The van der Waals surface area contributed by atoms with E-state index >= 15 is 0 Å². The Labute approximate surface area is 111 Å². The largest absolute Gasteiger partial charge is 0.396 e. The molecule has 18 heavy (non-hydrogen) atoms. The first-order valence-corrected chi connectivity index (χ1v) is 7.14. The Hall–Kier alpha value is -0.690. The first-order chi connectivity index (χ1) is 8.19. The SMILES string of the molecule is CC(C)(CCO)NS(=O)(=O)c1cccc(Cl)c1F. The molecule has 4 nitrogen and oxygen atoms in total. The van der Waals surface area contributed by atoms with Crippen molar-refractivity contribution in [2.24, 2.45) is 0 Å². The van der Waals surface area contributed by atoms with Crippen molar-refractivity contribution in [3.05, 3.63) is 29.0 Å². The van der Waals surface area contributed by atoms with E-state index in [0.29, 0.717) is 0 Å². The number of benzene rings is 1. The zero-order chi connectivity index (χ0) is 14.0. The quantitative estimate of drug-likeness (QED) is 0.872. The summed E-state index contributed by atoms with van der Waals surface area (Å²) in [6.07, 6.45) is 0.217. The third kappa shape index (κ3) is 3.65. The monoisotopic (exact) mass is 295 g/mol. The lowest BCUT2D eigenvalue weighted by Crippen LogP contribution is -2.44. The van der Waals surface area contributed by atoms with Crippen LogP contribution in [0.3, 0.4) is 0 Å². The van der Waals surface area contributed by atoms with Gasteiger partial charge in [-0.1, -0.05) is 17.7 Å². The molecule has 0 aromatic heterocycles. The summed E-state index contributed by atoms with van der Waals surface area (Å²) in [6, 6.07) is 3.77. The third-order valence-corrected chi connectivity index (χ3v) is 4.36. The standard InChI is InChI=1S/C11H15ClFNO3S/c1-11(2,6-7-15)14-18(16,17)9-5-3-4-8(12)10(9)13/h3-5,14-15H,6-7H2,1-2H3. The van der Waals surface area contributed by atoms with Crippen LogP contribution in [0, 0.1) is 5.82 Å². The predicted molar refractivity (Wildman–Crippen MR) is 67.5 cm³/mol. The number of aliphatic hydroxyl groups excluding tert-OH is 1. The van der Waals surface area contributed by atoms with E-state index in [-0.39, 0.29) is 18.1 Å². The van der Waals surface area contributed by atoms with Gasteiger partial charge in [0, 0.05) is 12.1 Å². The molecule has 0 aliphatic rings. The van der Waals surface area contributed by atoms with Crippen LogP contribution < -0.4 is 4.72 Å². The van der Waals surface area contributed by atoms with Crippen molar-refractivity contribution in [1.29, 1.82) is 0 Å². The van der Waals surface area contributed by atoms with Crippen LogP contribution in [0.2, 0.25) is 5.02 Å². The number of sulfonamides is 1. The number of hydrogen-bond donors (Lipinski definition) is 2. The molecule has 0 radical (unpaired) electrons. The Morgan fingerprint density at radius 2 is 2.06 bits per heavy atom. The average molecular weight is 296 g/mol. The minimum atomic E-state index is -4.01. The summed E-state index contributed by atoms with van der Waals surface area (Å²) in [6.45, 7) is 3.03. The summed E-state index contributed by atoms with van der Waals surface area (Å²) in [7, 11) is -4.01. The maximum absolute atomic E-state index is 13.7. The summed E-state index contributed by atoms with van der Waals surface area (Å²) in [5, 5.41) is 8.59. The summed E-state index contributed by atoms with van der Waals surface area (Å²) in [5.41, 5.74) is -0.873. The number of hydrogen-bond acceptors (Lipinski definition) is 3. The number of halogens is 2. The molecule has 1 aromatic rings. The molecule has 0 bridgehead atoms. The van der Waals surface area contributed by atoms with Gasteiger partial charge in [-0.2, -0.15) is 0 Å². The first kappa shape index (κ1) is 15.4. The lowest BCUT2D eigenvalue weighted by Gasteiger charge is -2.25. The van der Waals surface area contributed by atoms with Crippen LogP contribution >= 0.6 is 11.6 Å². The zero-order valence-corrected chi connectivity index (χ0v) is 11.6. The lowest BCUT2D eigenvalue weighted by atomic mass is 10.0. The van der Waals surface area contributed by atoms with Crippen LogP contribution in [-0.2, 0) is 10.0 Å². The van der Waals surface area contributed by atoms with Crippen molar-refractivity contribution in [2.45, 2.75) is 30.7 Å². The van der Waals surface area contributed by atoms with Gasteiger partial charge in [-0.05, 0) is 32.4 Å². The molecule has 0 aliphatic carbocycles. The molecule has 0 aliphatic heterocycles. The molecule has 0 unspecified atom stereocenters. The van der Waals surface area contributed by atoms with Gasteiger partial charge in [-0.15, -0.1) is 0 Å². The van der Waals surface area contributed by atoms with Crippen LogP contribution in [0.25, 0.3) is 0 Å². The van der Waals surface area contributed by atoms with Gasteiger partial charge >= 0.3 is 0 Å². The molecule has 0 amide bonds. The van der Waals surface area contributed by atoms with Gasteiger partial charge in [0.05, 0.1) is 5.02 Å². The molecule has 2 N–H and O–H groups in total. The molecule has 0 saturated heterocycles. The average Bonchev–Trinajstić information content (AvgIpc) is 2.19. The highest BCUT2D eigenvalue weighted by atomic mass is 35.5. The Morgan fingerprint density at radius 1 is 1.44 bits per heavy atom. The minimum Gasteiger partial charge on any atom is -0.396 e. The molecule has 0 fully saturated rings. The van der Waals surface area contributed by atoms with Crippen molar-refractivity contribution in [3.8, 4) is 0 Å². The smallest absolute Gasteiger partial charge is 0.244 e. The highest BCUT2D eigenvalue weighted by molar-refractivity contribution is 7.89. The first-order valence-electron chi connectivity index (χ1n) is 5.28. The van der Waals surface area contributed by atoms with E-state index in [1.807, 2.05) is 0 Å². The van der Waals surface area contributed by atoms with Crippen LogP contribution in [0.15, 0.2) is 23.1 Å². The molecule has 0 atom stereocenters. The van der Waals surface area contributed by atoms with Crippen molar-refractivity contribution >= 4 is 21.6 Å². The van der Waals surface area contributed by atoms with E-state index < -0.39 is 26.3 Å². The minimum absolute atomic E-state index is 0.173. The second kappa shape index (κ2) is 5.52. The number of rotatable bonds is 5. The normalized spacial score (nSPS) is 12.7. The van der Waals surface area contributed by atoms with Gasteiger partial charge in [0.25, 0.3) is 0 Å². The van der Waals surface area contributed by atoms with E-state index in [1.54, 1.807) is 13.8 Å². The maximum Gasteiger partial charge on any atom is 0.244 e. The van der Waals surface area contributed by atoms with Gasteiger partial charge in [-0.25, -0.2) is 17.5 Å². The molecule has 7 heteroatoms. The highest BCUT2D eigenvalue weighted by Gasteiger charge is 2.28. The number of aliphatic hydroxyl groups is 1. The fourth-order valence-electron chi connectivity index (χ4n) is 1.44. The zero-order valence-electron chi connectivity index (χ0n) is 10.1. The van der Waals surface area contributed by atoms with Gasteiger partial charge in [-0.3, -0.25) is 0 Å². The second-order valence-electron chi connectivity index (χ2n) is 4.51. The van der Waals surface area contributed by atoms with E-state index in [4.69, 9.17) is 16.7 Å². The Bertz CT molecular complexity index is 531. The van der Waals surface area contributed by atoms with Crippen molar-refractivity contribution in [1.82, 2.24) is 4.72 Å². The summed E-state index contributed by atoms with van der Waals surface area (Å²) in [5.74, 6) is -0.980. The van der Waals surface area contributed by atoms with Crippen LogP contribution in [-0.4, -0.2) is 25.7 Å². The Kier molecular flexibility index (Phi) is 4.72. The van der Waals surface area contributed by atoms with E-state index in [0.717, 1.165) is 6.07 Å². The third-order valence-electron chi connectivity index (χ3n) is 2.35. The molecular weight excluding hydrogens is 281 g/mol. The lowest BCUT2D eigenvalue weighted by molar-refractivity contribution is 0.245. The topological polar surface area (TPSA) is 66.4 Å². The highest BCUT2D eigenvalue weighted by Crippen LogP contribution is 2.23. The van der Waals surface area contributed by atoms with E-state index in [1.165, 1.54) is 12.1 Å². The van der Waals surface area contributed by atoms with E-state index in [9.17, 15) is 12.8 Å². The Morgan fingerprint density at radius 3 is 2.61 bits per heavy atom. The van der Waals surface area contributed by atoms with Crippen LogP contribution in [0.1, 0.15) is 20.3 Å².